The van der Waals surface area contributed by atoms with Crippen LogP contribution in [0.25, 0.3) is 0 Å². The standard InChI is InChI=1S/C13H22N2O/c1-9-7-15(8-10(9)2)13(11(3)14)12-5-4-6-16-12/h4-6,9-11,13H,7-8,14H2,1-3H3. The molecule has 2 heterocycles. The van der Waals surface area contributed by atoms with E-state index in [0.717, 1.165) is 30.7 Å². The van der Waals surface area contributed by atoms with Crippen molar-refractivity contribution in [2.45, 2.75) is 32.9 Å². The molecule has 1 saturated heterocycles. The van der Waals surface area contributed by atoms with E-state index >= 15 is 0 Å². The van der Waals surface area contributed by atoms with E-state index in [-0.39, 0.29) is 12.1 Å². The molecule has 2 N–H and O–H groups in total. The van der Waals surface area contributed by atoms with E-state index in [4.69, 9.17) is 10.2 Å². The quantitative estimate of drug-likeness (QED) is 0.853. The lowest BCUT2D eigenvalue weighted by Crippen LogP contribution is -2.38. The molecule has 0 amide bonds. The molecule has 0 spiro atoms. The molecule has 1 aromatic heterocycles. The predicted molar refractivity (Wildman–Crippen MR) is 65.0 cm³/mol. The Hall–Kier alpha value is -0.800. The first-order valence-corrected chi connectivity index (χ1v) is 6.12. The maximum atomic E-state index is 6.10. The van der Waals surface area contributed by atoms with E-state index in [1.807, 2.05) is 12.1 Å². The molecule has 0 bridgehead atoms. The second kappa shape index (κ2) is 4.60. The molecule has 1 aliphatic heterocycles. The Bertz CT molecular complexity index is 311. The number of rotatable bonds is 3. The van der Waals surface area contributed by atoms with E-state index in [9.17, 15) is 0 Å². The van der Waals surface area contributed by atoms with Gasteiger partial charge in [-0.05, 0) is 30.9 Å². The Morgan fingerprint density at radius 2 is 2.00 bits per heavy atom. The molecule has 0 aromatic carbocycles. The van der Waals surface area contributed by atoms with Crippen molar-refractivity contribution >= 4 is 0 Å². The summed E-state index contributed by atoms with van der Waals surface area (Å²) in [6.07, 6.45) is 1.73. The lowest BCUT2D eigenvalue weighted by Gasteiger charge is -2.29. The van der Waals surface area contributed by atoms with E-state index in [1.165, 1.54) is 0 Å². The Morgan fingerprint density at radius 1 is 1.38 bits per heavy atom. The number of nitrogens with zero attached hydrogens (tertiary/aromatic N) is 1. The van der Waals surface area contributed by atoms with Crippen LogP contribution in [0.2, 0.25) is 0 Å². The van der Waals surface area contributed by atoms with Crippen LogP contribution in [0.4, 0.5) is 0 Å². The molecular weight excluding hydrogens is 200 g/mol. The summed E-state index contributed by atoms with van der Waals surface area (Å²) in [5.74, 6) is 2.49. The first kappa shape index (κ1) is 11.7. The first-order valence-electron chi connectivity index (χ1n) is 6.12. The Kier molecular flexibility index (Phi) is 3.36. The molecule has 4 atom stereocenters. The third kappa shape index (κ3) is 2.15. The zero-order valence-electron chi connectivity index (χ0n) is 10.4. The van der Waals surface area contributed by atoms with Gasteiger partial charge in [0.1, 0.15) is 5.76 Å². The normalized spacial score (nSPS) is 30.5. The second-order valence-corrected chi connectivity index (χ2v) is 5.23. The maximum absolute atomic E-state index is 6.10. The summed E-state index contributed by atoms with van der Waals surface area (Å²) < 4.78 is 5.52. The summed E-state index contributed by atoms with van der Waals surface area (Å²) in [4.78, 5) is 2.46. The summed E-state index contributed by atoms with van der Waals surface area (Å²) in [6.45, 7) is 8.92. The summed E-state index contributed by atoms with van der Waals surface area (Å²) in [7, 11) is 0. The molecule has 1 aromatic rings. The smallest absolute Gasteiger partial charge is 0.122 e. The number of nitrogens with two attached hydrogens (primary N) is 1. The van der Waals surface area contributed by atoms with E-state index in [0.29, 0.717) is 0 Å². The Balaban J connectivity index is 2.15. The van der Waals surface area contributed by atoms with Gasteiger partial charge in [-0.1, -0.05) is 13.8 Å². The van der Waals surface area contributed by atoms with Crippen LogP contribution >= 0.6 is 0 Å². The van der Waals surface area contributed by atoms with Crippen LogP contribution in [-0.4, -0.2) is 24.0 Å². The zero-order valence-corrected chi connectivity index (χ0v) is 10.4. The molecule has 16 heavy (non-hydrogen) atoms. The molecule has 3 nitrogen and oxygen atoms in total. The minimum absolute atomic E-state index is 0.101. The van der Waals surface area contributed by atoms with Crippen LogP contribution in [0, 0.1) is 11.8 Å². The molecule has 2 rings (SSSR count). The molecule has 90 valence electrons. The van der Waals surface area contributed by atoms with Gasteiger partial charge in [0.2, 0.25) is 0 Å². The van der Waals surface area contributed by atoms with Gasteiger partial charge < -0.3 is 10.2 Å². The Labute approximate surface area is 97.6 Å². The largest absolute Gasteiger partial charge is 0.468 e. The average Bonchev–Trinajstić information content (AvgIpc) is 2.79. The Morgan fingerprint density at radius 3 is 2.44 bits per heavy atom. The van der Waals surface area contributed by atoms with Crippen molar-refractivity contribution in [1.29, 1.82) is 0 Å². The minimum Gasteiger partial charge on any atom is -0.468 e. The molecule has 1 fully saturated rings. The van der Waals surface area contributed by atoms with Crippen LogP contribution in [0.3, 0.4) is 0 Å². The van der Waals surface area contributed by atoms with Crippen LogP contribution in [0.1, 0.15) is 32.6 Å². The van der Waals surface area contributed by atoms with E-state index in [1.54, 1.807) is 6.26 Å². The van der Waals surface area contributed by atoms with Crippen molar-refractivity contribution in [2.75, 3.05) is 13.1 Å². The lowest BCUT2D eigenvalue weighted by molar-refractivity contribution is 0.183. The highest BCUT2D eigenvalue weighted by molar-refractivity contribution is 5.08. The molecule has 3 heteroatoms. The van der Waals surface area contributed by atoms with Gasteiger partial charge in [0.05, 0.1) is 12.3 Å². The molecule has 4 unspecified atom stereocenters. The van der Waals surface area contributed by atoms with Crippen molar-refractivity contribution in [3.8, 4) is 0 Å². The number of likely N-dealkylation sites (tertiary alicyclic amines) is 1. The van der Waals surface area contributed by atoms with E-state index in [2.05, 4.69) is 25.7 Å². The fraction of sp³-hybridized carbons (Fsp3) is 0.692. The third-order valence-corrected chi connectivity index (χ3v) is 3.74. The summed E-state index contributed by atoms with van der Waals surface area (Å²) in [5, 5.41) is 0. The van der Waals surface area contributed by atoms with Gasteiger partial charge in [-0.15, -0.1) is 0 Å². The molecule has 1 aliphatic rings. The molecular formula is C13H22N2O. The van der Waals surface area contributed by atoms with E-state index < -0.39 is 0 Å². The van der Waals surface area contributed by atoms with Crippen LogP contribution < -0.4 is 5.73 Å². The maximum Gasteiger partial charge on any atom is 0.122 e. The highest BCUT2D eigenvalue weighted by Gasteiger charge is 2.34. The van der Waals surface area contributed by atoms with Gasteiger partial charge in [0.25, 0.3) is 0 Å². The van der Waals surface area contributed by atoms with Crippen LogP contribution in [0.5, 0.6) is 0 Å². The second-order valence-electron chi connectivity index (χ2n) is 5.23. The van der Waals surface area contributed by atoms with Gasteiger partial charge in [0.15, 0.2) is 0 Å². The van der Waals surface area contributed by atoms with Crippen molar-refractivity contribution in [3.63, 3.8) is 0 Å². The zero-order chi connectivity index (χ0) is 11.7. The highest BCUT2D eigenvalue weighted by Crippen LogP contribution is 2.32. The topological polar surface area (TPSA) is 42.4 Å². The van der Waals surface area contributed by atoms with Gasteiger partial charge in [0, 0.05) is 19.1 Å². The molecule has 0 saturated carbocycles. The summed E-state index contributed by atoms with van der Waals surface area (Å²) >= 11 is 0. The number of hydrogen-bond acceptors (Lipinski definition) is 3. The summed E-state index contributed by atoms with van der Waals surface area (Å²) in [5.41, 5.74) is 6.10. The lowest BCUT2D eigenvalue weighted by atomic mass is 10.0. The monoisotopic (exact) mass is 222 g/mol. The third-order valence-electron chi connectivity index (χ3n) is 3.74. The fourth-order valence-corrected chi connectivity index (χ4v) is 2.63. The van der Waals surface area contributed by atoms with Crippen LogP contribution in [-0.2, 0) is 0 Å². The van der Waals surface area contributed by atoms with Crippen molar-refractivity contribution in [2.24, 2.45) is 17.6 Å². The highest BCUT2D eigenvalue weighted by atomic mass is 16.3. The SMILES string of the molecule is CC(N)C(c1ccco1)N1CC(C)C(C)C1. The summed E-state index contributed by atoms with van der Waals surface area (Å²) in [6, 6.07) is 4.29. The minimum atomic E-state index is 0.101. The van der Waals surface area contributed by atoms with Gasteiger partial charge in [-0.3, -0.25) is 4.90 Å². The van der Waals surface area contributed by atoms with Gasteiger partial charge >= 0.3 is 0 Å². The van der Waals surface area contributed by atoms with Crippen LogP contribution in [0.15, 0.2) is 22.8 Å². The number of hydrogen-bond donors (Lipinski definition) is 1. The van der Waals surface area contributed by atoms with Crippen molar-refractivity contribution < 1.29 is 4.42 Å². The average molecular weight is 222 g/mol. The van der Waals surface area contributed by atoms with Crippen molar-refractivity contribution in [1.82, 2.24) is 4.90 Å². The first-order chi connectivity index (χ1) is 7.59. The fourth-order valence-electron chi connectivity index (χ4n) is 2.63. The number of furan rings is 1. The van der Waals surface area contributed by atoms with Crippen molar-refractivity contribution in [3.05, 3.63) is 24.2 Å². The molecule has 0 aliphatic carbocycles. The van der Waals surface area contributed by atoms with Gasteiger partial charge in [-0.25, -0.2) is 0 Å². The predicted octanol–water partition coefficient (Wildman–Crippen LogP) is 2.26. The van der Waals surface area contributed by atoms with Gasteiger partial charge in [-0.2, -0.15) is 0 Å². The molecule has 0 radical (unpaired) electrons.